The van der Waals surface area contributed by atoms with E-state index in [0.29, 0.717) is 12.1 Å². The molecule has 1 aromatic heterocycles. The largest absolute Gasteiger partial charge is 0.451 e. The number of aliphatic hydroxyl groups is 1. The summed E-state index contributed by atoms with van der Waals surface area (Å²) >= 11 is 0. The van der Waals surface area contributed by atoms with Crippen LogP contribution in [0.5, 0.6) is 0 Å². The number of hydrogen-bond donors (Lipinski definition) is 2. The Kier molecular flexibility index (Phi) is 8.68. The van der Waals surface area contributed by atoms with Gasteiger partial charge in [0, 0.05) is 31.6 Å². The standard InChI is InChI=1S/C23H20F7N5O2.ClH/c24-13-3-1-11(2-4-13)20(37)19-21-32-33-22(23(28,29)30)35(21)6-5-34(19)18(36)9-14(31)7-12-8-16(26)17(27)10-15(12)25;/h1-4,8,10,14,19-20,37H,5-7,9,31H2;1H/t14-,19-,20-;/m1./s1. The Labute approximate surface area is 217 Å². The van der Waals surface area contributed by atoms with Gasteiger partial charge in [-0.25, -0.2) is 17.6 Å². The second-order valence-electron chi connectivity index (χ2n) is 8.59. The molecule has 1 aliphatic heterocycles. The monoisotopic (exact) mass is 567 g/mol. The Hall–Kier alpha value is -3.23. The van der Waals surface area contributed by atoms with Crippen molar-refractivity contribution < 1.29 is 40.6 Å². The first kappa shape index (κ1) is 29.3. The summed E-state index contributed by atoms with van der Waals surface area (Å²) in [5.41, 5.74) is 5.79. The minimum absolute atomic E-state index is 0. The van der Waals surface area contributed by atoms with Crippen LogP contribution in [-0.2, 0) is 23.9 Å². The fraction of sp³-hybridized carbons (Fsp3) is 0.348. The SMILES string of the molecule is Cl.N[C@@H](CC(=O)N1CCn2c(nnc2C(F)(F)F)[C@H]1[C@H](O)c1ccc(F)cc1)Cc1cc(F)c(F)cc1F. The Balaban J connectivity index is 0.00000400. The molecule has 0 bridgehead atoms. The van der Waals surface area contributed by atoms with Crippen LogP contribution in [0.1, 0.15) is 41.3 Å². The smallest absolute Gasteiger partial charge is 0.386 e. The van der Waals surface area contributed by atoms with Gasteiger partial charge in [0.1, 0.15) is 23.8 Å². The van der Waals surface area contributed by atoms with Gasteiger partial charge < -0.3 is 20.3 Å². The molecule has 3 N–H and O–H groups in total. The van der Waals surface area contributed by atoms with Crippen molar-refractivity contribution >= 4 is 18.3 Å². The van der Waals surface area contributed by atoms with Crippen LogP contribution in [0.4, 0.5) is 30.7 Å². The lowest BCUT2D eigenvalue weighted by atomic mass is 9.97. The molecule has 0 radical (unpaired) electrons. The van der Waals surface area contributed by atoms with E-state index in [0.717, 1.165) is 21.6 Å². The lowest BCUT2D eigenvalue weighted by Gasteiger charge is -2.39. The molecule has 3 atom stereocenters. The number of aliphatic hydroxyl groups excluding tert-OH is 1. The molecule has 0 saturated carbocycles. The zero-order valence-corrected chi connectivity index (χ0v) is 20.1. The average molecular weight is 568 g/mol. The molecule has 15 heteroatoms. The van der Waals surface area contributed by atoms with Crippen molar-refractivity contribution in [2.24, 2.45) is 5.73 Å². The summed E-state index contributed by atoms with van der Waals surface area (Å²) in [5, 5.41) is 17.8. The van der Waals surface area contributed by atoms with Gasteiger partial charge in [0.05, 0.1) is 0 Å². The van der Waals surface area contributed by atoms with Crippen LogP contribution in [0.3, 0.4) is 0 Å². The van der Waals surface area contributed by atoms with Crippen molar-refractivity contribution in [1.82, 2.24) is 19.7 Å². The van der Waals surface area contributed by atoms with E-state index in [-0.39, 0.29) is 48.9 Å². The minimum atomic E-state index is -4.85. The summed E-state index contributed by atoms with van der Waals surface area (Å²) in [4.78, 5) is 14.3. The van der Waals surface area contributed by atoms with Gasteiger partial charge in [-0.2, -0.15) is 13.2 Å². The molecule has 0 spiro atoms. The number of amides is 1. The normalized spacial score (nSPS) is 17.0. The third-order valence-corrected chi connectivity index (χ3v) is 6.04. The number of hydrogen-bond acceptors (Lipinski definition) is 5. The summed E-state index contributed by atoms with van der Waals surface area (Å²) in [7, 11) is 0. The Bertz CT molecular complexity index is 1300. The first-order valence-corrected chi connectivity index (χ1v) is 11.0. The van der Waals surface area contributed by atoms with Crippen LogP contribution in [0.15, 0.2) is 36.4 Å². The first-order chi connectivity index (χ1) is 17.4. The molecule has 3 aromatic rings. The number of benzene rings is 2. The van der Waals surface area contributed by atoms with Gasteiger partial charge in [-0.15, -0.1) is 22.6 Å². The molecule has 4 rings (SSSR count). The molecule has 0 fully saturated rings. The van der Waals surface area contributed by atoms with E-state index in [4.69, 9.17) is 5.73 Å². The Morgan fingerprint density at radius 2 is 1.66 bits per heavy atom. The van der Waals surface area contributed by atoms with Crippen molar-refractivity contribution in [3.05, 3.63) is 82.4 Å². The lowest BCUT2D eigenvalue weighted by Crippen LogP contribution is -2.47. The van der Waals surface area contributed by atoms with Gasteiger partial charge in [0.15, 0.2) is 17.5 Å². The molecule has 1 amide bonds. The summed E-state index contributed by atoms with van der Waals surface area (Å²) in [6, 6.07) is 2.93. The van der Waals surface area contributed by atoms with E-state index in [2.05, 4.69) is 10.2 Å². The van der Waals surface area contributed by atoms with Crippen LogP contribution in [0.2, 0.25) is 0 Å². The van der Waals surface area contributed by atoms with Gasteiger partial charge in [0.25, 0.3) is 0 Å². The van der Waals surface area contributed by atoms with Gasteiger partial charge in [-0.05, 0) is 35.7 Å². The summed E-state index contributed by atoms with van der Waals surface area (Å²) in [6.07, 6.45) is -7.28. The molecular weight excluding hydrogens is 547 g/mol. The predicted octanol–water partition coefficient (Wildman–Crippen LogP) is 3.85. The van der Waals surface area contributed by atoms with Gasteiger partial charge in [-0.3, -0.25) is 4.79 Å². The maximum absolute atomic E-state index is 14.0. The molecule has 206 valence electrons. The number of fused-ring (bicyclic) bond motifs is 1. The maximum Gasteiger partial charge on any atom is 0.451 e. The number of alkyl halides is 3. The van der Waals surface area contributed by atoms with Crippen LogP contribution in [-0.4, -0.2) is 43.3 Å². The third-order valence-electron chi connectivity index (χ3n) is 6.04. The zero-order chi connectivity index (χ0) is 27.1. The van der Waals surface area contributed by atoms with Crippen molar-refractivity contribution in [2.45, 2.75) is 43.8 Å². The fourth-order valence-electron chi connectivity index (χ4n) is 4.30. The second kappa shape index (κ2) is 11.3. The summed E-state index contributed by atoms with van der Waals surface area (Å²) < 4.78 is 95.1. The van der Waals surface area contributed by atoms with Gasteiger partial charge >= 0.3 is 6.18 Å². The second-order valence-corrected chi connectivity index (χ2v) is 8.59. The molecule has 7 nitrogen and oxygen atoms in total. The first-order valence-electron chi connectivity index (χ1n) is 11.0. The molecule has 2 aromatic carbocycles. The Morgan fingerprint density at radius 3 is 2.29 bits per heavy atom. The van der Waals surface area contributed by atoms with E-state index < -0.39 is 65.8 Å². The van der Waals surface area contributed by atoms with E-state index in [1.165, 1.54) is 12.1 Å². The number of nitrogens with zero attached hydrogens (tertiary/aromatic N) is 4. The van der Waals surface area contributed by atoms with Gasteiger partial charge in [0.2, 0.25) is 11.7 Å². The van der Waals surface area contributed by atoms with E-state index in [1.54, 1.807) is 0 Å². The van der Waals surface area contributed by atoms with Crippen LogP contribution in [0, 0.1) is 23.3 Å². The van der Waals surface area contributed by atoms with Crippen molar-refractivity contribution in [3.8, 4) is 0 Å². The molecular formula is C23H21ClF7N5O2. The quantitative estimate of drug-likeness (QED) is 0.348. The molecule has 2 heterocycles. The number of carbonyl (C=O) groups excluding carboxylic acids is 1. The fourth-order valence-corrected chi connectivity index (χ4v) is 4.30. The van der Waals surface area contributed by atoms with Crippen molar-refractivity contribution in [1.29, 1.82) is 0 Å². The van der Waals surface area contributed by atoms with Crippen molar-refractivity contribution in [3.63, 3.8) is 0 Å². The molecule has 0 aliphatic carbocycles. The minimum Gasteiger partial charge on any atom is -0.386 e. The highest BCUT2D eigenvalue weighted by atomic mass is 35.5. The van der Waals surface area contributed by atoms with E-state index >= 15 is 0 Å². The number of aromatic nitrogens is 3. The molecule has 0 unspecified atom stereocenters. The van der Waals surface area contributed by atoms with Crippen LogP contribution >= 0.6 is 12.4 Å². The predicted molar refractivity (Wildman–Crippen MR) is 121 cm³/mol. The van der Waals surface area contributed by atoms with E-state index in [9.17, 15) is 40.6 Å². The molecule has 1 aliphatic rings. The number of rotatable bonds is 6. The molecule has 38 heavy (non-hydrogen) atoms. The summed E-state index contributed by atoms with van der Waals surface area (Å²) in [5.74, 6) is -6.74. The number of carbonyl (C=O) groups is 1. The third kappa shape index (κ3) is 5.92. The number of nitrogens with two attached hydrogens (primary N) is 1. The van der Waals surface area contributed by atoms with Crippen LogP contribution < -0.4 is 5.73 Å². The van der Waals surface area contributed by atoms with Crippen molar-refractivity contribution in [2.75, 3.05) is 6.54 Å². The van der Waals surface area contributed by atoms with E-state index in [1.807, 2.05) is 0 Å². The highest BCUT2D eigenvalue weighted by Gasteiger charge is 2.45. The average Bonchev–Trinajstić information content (AvgIpc) is 3.27. The molecule has 0 saturated heterocycles. The number of halogens is 8. The topological polar surface area (TPSA) is 97.3 Å². The highest BCUT2D eigenvalue weighted by Crippen LogP contribution is 2.39. The Morgan fingerprint density at radius 1 is 1.03 bits per heavy atom. The van der Waals surface area contributed by atoms with Crippen LogP contribution in [0.25, 0.3) is 0 Å². The highest BCUT2D eigenvalue weighted by molar-refractivity contribution is 5.85. The summed E-state index contributed by atoms with van der Waals surface area (Å²) in [6.45, 7) is -0.634. The zero-order valence-electron chi connectivity index (χ0n) is 19.3. The lowest BCUT2D eigenvalue weighted by molar-refractivity contribution is -0.149. The maximum atomic E-state index is 14.0. The van der Waals surface area contributed by atoms with Gasteiger partial charge in [-0.1, -0.05) is 12.1 Å².